The van der Waals surface area contributed by atoms with E-state index in [9.17, 15) is 0 Å². The number of hydrogen-bond acceptors (Lipinski definition) is 1. The average molecular weight is 384 g/mol. The van der Waals surface area contributed by atoms with Gasteiger partial charge in [-0.25, -0.2) is 0 Å². The molecule has 1 aliphatic heterocycles. The van der Waals surface area contributed by atoms with E-state index in [2.05, 4.69) is 117 Å². The first-order valence-corrected chi connectivity index (χ1v) is 10.9. The number of rotatable bonds is 4. The van der Waals surface area contributed by atoms with Crippen molar-refractivity contribution in [2.75, 3.05) is 13.1 Å². The largest absolute Gasteiger partial charge is 0.286 e. The molecule has 29 heavy (non-hydrogen) atoms. The zero-order valence-electron chi connectivity index (χ0n) is 18.0. The van der Waals surface area contributed by atoms with Gasteiger partial charge in [-0.1, -0.05) is 112 Å². The van der Waals surface area contributed by atoms with E-state index in [1.165, 1.54) is 29.5 Å². The summed E-state index contributed by atoms with van der Waals surface area (Å²) < 4.78 is 0. The van der Waals surface area contributed by atoms with Crippen LogP contribution in [0.15, 0.2) is 91.0 Å². The molecule has 3 aromatic rings. The van der Waals surface area contributed by atoms with E-state index in [4.69, 9.17) is 0 Å². The third-order valence-electron chi connectivity index (χ3n) is 6.77. The Morgan fingerprint density at radius 3 is 1.24 bits per heavy atom. The van der Waals surface area contributed by atoms with Crippen LogP contribution in [0.4, 0.5) is 0 Å². The van der Waals surface area contributed by atoms with Crippen LogP contribution in [0.25, 0.3) is 0 Å². The molecular formula is C28H33N. The van der Waals surface area contributed by atoms with E-state index in [-0.39, 0.29) is 5.54 Å². The van der Waals surface area contributed by atoms with Crippen molar-refractivity contribution < 1.29 is 0 Å². The fourth-order valence-corrected chi connectivity index (χ4v) is 5.17. The molecule has 1 nitrogen and oxygen atoms in total. The van der Waals surface area contributed by atoms with E-state index < -0.39 is 0 Å². The van der Waals surface area contributed by atoms with Crippen molar-refractivity contribution in [3.8, 4) is 0 Å². The SMILES string of the molecule is CC(C)(C)C1CCN(C(c2ccccc2)(c2ccccc2)c2ccccc2)CC1. The molecule has 0 spiro atoms. The molecule has 1 aliphatic rings. The molecule has 0 saturated carbocycles. The van der Waals surface area contributed by atoms with Gasteiger partial charge >= 0.3 is 0 Å². The molecule has 0 N–H and O–H groups in total. The monoisotopic (exact) mass is 383 g/mol. The van der Waals surface area contributed by atoms with Crippen LogP contribution in [0.3, 0.4) is 0 Å². The standard InChI is InChI=1S/C28H33N/c1-27(2,3)23-19-21-29(22-20-23)28(24-13-7-4-8-14-24,25-15-9-5-10-16-25)26-17-11-6-12-18-26/h4-18,23H,19-22H2,1-3H3. The highest BCUT2D eigenvalue weighted by Gasteiger charge is 2.44. The van der Waals surface area contributed by atoms with Gasteiger partial charge < -0.3 is 0 Å². The maximum atomic E-state index is 2.73. The Hall–Kier alpha value is -2.38. The van der Waals surface area contributed by atoms with Crippen LogP contribution in [0.1, 0.15) is 50.3 Å². The number of benzene rings is 3. The molecule has 1 heteroatoms. The summed E-state index contributed by atoms with van der Waals surface area (Å²) in [4.78, 5) is 2.73. The third kappa shape index (κ3) is 3.76. The van der Waals surface area contributed by atoms with Crippen LogP contribution in [0.5, 0.6) is 0 Å². The van der Waals surface area contributed by atoms with E-state index in [0.29, 0.717) is 5.41 Å². The Morgan fingerprint density at radius 2 is 0.931 bits per heavy atom. The van der Waals surface area contributed by atoms with Crippen molar-refractivity contribution in [1.82, 2.24) is 4.90 Å². The lowest BCUT2D eigenvalue weighted by atomic mass is 9.71. The van der Waals surface area contributed by atoms with Crippen LogP contribution >= 0.6 is 0 Å². The summed E-state index contributed by atoms with van der Waals surface area (Å²) in [5.74, 6) is 0.777. The van der Waals surface area contributed by atoms with Crippen LogP contribution in [-0.4, -0.2) is 18.0 Å². The lowest BCUT2D eigenvalue weighted by Gasteiger charge is -2.50. The van der Waals surface area contributed by atoms with Gasteiger partial charge in [-0.2, -0.15) is 0 Å². The second kappa shape index (κ2) is 8.16. The molecule has 0 amide bonds. The van der Waals surface area contributed by atoms with E-state index >= 15 is 0 Å². The van der Waals surface area contributed by atoms with Crippen molar-refractivity contribution in [2.24, 2.45) is 11.3 Å². The topological polar surface area (TPSA) is 3.24 Å². The Balaban J connectivity index is 1.88. The van der Waals surface area contributed by atoms with Gasteiger partial charge in [0.1, 0.15) is 0 Å². The van der Waals surface area contributed by atoms with Crippen molar-refractivity contribution in [3.63, 3.8) is 0 Å². The summed E-state index contributed by atoms with van der Waals surface area (Å²) in [6, 6.07) is 33.2. The molecule has 1 fully saturated rings. The van der Waals surface area contributed by atoms with Gasteiger partial charge in [0.15, 0.2) is 0 Å². The normalized spacial score (nSPS) is 16.7. The summed E-state index contributed by atoms with van der Waals surface area (Å²) >= 11 is 0. The van der Waals surface area contributed by atoms with Gasteiger partial charge in [0.2, 0.25) is 0 Å². The zero-order chi connectivity index (χ0) is 20.3. The summed E-state index contributed by atoms with van der Waals surface area (Å²) in [6.07, 6.45) is 2.50. The van der Waals surface area contributed by atoms with Crippen molar-refractivity contribution in [3.05, 3.63) is 108 Å². The fraction of sp³-hybridized carbons (Fsp3) is 0.357. The van der Waals surface area contributed by atoms with Crippen LogP contribution in [0, 0.1) is 11.3 Å². The number of likely N-dealkylation sites (tertiary alicyclic amines) is 1. The first-order chi connectivity index (χ1) is 14.0. The lowest BCUT2D eigenvalue weighted by Crippen LogP contribution is -2.52. The van der Waals surface area contributed by atoms with Gasteiger partial charge in [0, 0.05) is 0 Å². The number of nitrogens with zero attached hydrogens (tertiary/aromatic N) is 1. The van der Waals surface area contributed by atoms with E-state index in [1.54, 1.807) is 0 Å². The minimum Gasteiger partial charge on any atom is -0.286 e. The van der Waals surface area contributed by atoms with Crippen molar-refractivity contribution in [2.45, 2.75) is 39.2 Å². The first-order valence-electron chi connectivity index (χ1n) is 10.9. The first kappa shape index (κ1) is 19.9. The van der Waals surface area contributed by atoms with E-state index in [0.717, 1.165) is 19.0 Å². The maximum absolute atomic E-state index is 2.73. The molecule has 0 aromatic heterocycles. The van der Waals surface area contributed by atoms with Crippen LogP contribution < -0.4 is 0 Å². The molecule has 0 aliphatic carbocycles. The van der Waals surface area contributed by atoms with Crippen LogP contribution in [0.2, 0.25) is 0 Å². The summed E-state index contributed by atoms with van der Waals surface area (Å²) in [6.45, 7) is 9.41. The van der Waals surface area contributed by atoms with Gasteiger partial charge in [-0.15, -0.1) is 0 Å². The lowest BCUT2D eigenvalue weighted by molar-refractivity contribution is 0.0627. The summed E-state index contributed by atoms with van der Waals surface area (Å²) in [5.41, 5.74) is 4.18. The Kier molecular flexibility index (Phi) is 5.61. The van der Waals surface area contributed by atoms with Crippen molar-refractivity contribution in [1.29, 1.82) is 0 Å². The highest BCUT2D eigenvalue weighted by molar-refractivity contribution is 5.49. The molecule has 150 valence electrons. The molecule has 1 heterocycles. The Labute approximate surface area is 176 Å². The van der Waals surface area contributed by atoms with E-state index in [1.807, 2.05) is 0 Å². The predicted octanol–water partition coefficient (Wildman–Crippen LogP) is 6.74. The highest BCUT2D eigenvalue weighted by atomic mass is 15.2. The smallest absolute Gasteiger partial charge is 0.0972 e. The number of piperidine rings is 1. The molecule has 1 saturated heterocycles. The van der Waals surface area contributed by atoms with Gasteiger partial charge in [0.25, 0.3) is 0 Å². The van der Waals surface area contributed by atoms with Crippen molar-refractivity contribution >= 4 is 0 Å². The third-order valence-corrected chi connectivity index (χ3v) is 6.77. The quantitative estimate of drug-likeness (QED) is 0.451. The zero-order valence-corrected chi connectivity index (χ0v) is 18.0. The average Bonchev–Trinajstić information content (AvgIpc) is 2.76. The maximum Gasteiger partial charge on any atom is 0.0972 e. The molecule has 0 bridgehead atoms. The minimum absolute atomic E-state index is 0.257. The minimum atomic E-state index is -0.257. The molecule has 0 unspecified atom stereocenters. The second-order valence-electron chi connectivity index (χ2n) is 9.44. The molecule has 0 atom stereocenters. The Morgan fingerprint density at radius 1 is 0.586 bits per heavy atom. The molecule has 3 aromatic carbocycles. The Bertz CT molecular complexity index is 789. The molecular weight excluding hydrogens is 350 g/mol. The number of hydrogen-bond donors (Lipinski definition) is 0. The molecule has 0 radical (unpaired) electrons. The van der Waals surface area contributed by atoms with Gasteiger partial charge in [0.05, 0.1) is 5.54 Å². The summed E-state index contributed by atoms with van der Waals surface area (Å²) in [5, 5.41) is 0. The summed E-state index contributed by atoms with van der Waals surface area (Å²) in [7, 11) is 0. The molecule has 4 rings (SSSR count). The van der Waals surface area contributed by atoms with Crippen LogP contribution in [-0.2, 0) is 5.54 Å². The highest BCUT2D eigenvalue weighted by Crippen LogP contribution is 2.45. The van der Waals surface area contributed by atoms with Gasteiger partial charge in [-0.05, 0) is 54.0 Å². The van der Waals surface area contributed by atoms with Gasteiger partial charge in [-0.3, -0.25) is 4.90 Å². The fourth-order valence-electron chi connectivity index (χ4n) is 5.17. The predicted molar refractivity (Wildman–Crippen MR) is 123 cm³/mol. The second-order valence-corrected chi connectivity index (χ2v) is 9.44.